The standard InChI is InChI=1S/C54H36N2OSi/c1-4-17-37(18-5-1)56-49-28-14-10-23-42(49)45-26-16-30-53(54(45)56)58(39-19-6-2-7-20-39,40-21-8-3-9-22-40)41-33-31-38(32-34-41)55-48-27-13-11-24-43(48)46-35-47-44-25-12-15-29-51(44)57-52(47)36-50(46)55/h1-36H. The van der Waals surface area contributed by atoms with E-state index < -0.39 is 8.07 Å². The molecule has 3 aromatic heterocycles. The summed E-state index contributed by atoms with van der Waals surface area (Å²) in [6.45, 7) is 0. The molecule has 0 saturated carbocycles. The van der Waals surface area contributed by atoms with Crippen LogP contribution in [0.2, 0.25) is 0 Å². The highest BCUT2D eigenvalue weighted by molar-refractivity contribution is 7.20. The fourth-order valence-electron chi connectivity index (χ4n) is 9.84. The molecule has 0 aliphatic carbocycles. The van der Waals surface area contributed by atoms with Crippen molar-refractivity contribution < 1.29 is 4.42 Å². The van der Waals surface area contributed by atoms with Gasteiger partial charge in [-0.1, -0.05) is 164 Å². The molecule has 0 aliphatic heterocycles. The van der Waals surface area contributed by atoms with E-state index >= 15 is 0 Å². The Hall–Kier alpha value is -7.40. The van der Waals surface area contributed by atoms with Gasteiger partial charge >= 0.3 is 0 Å². The SMILES string of the molecule is c1ccc(-n2c3ccccc3c3cccc([Si](c4ccccc4)(c4ccccc4)c4ccc(-n5c6ccccc6c6cc7c(cc65)oc5ccccc57)cc4)c32)cc1. The van der Waals surface area contributed by atoms with Crippen LogP contribution in [0, 0.1) is 0 Å². The predicted molar refractivity (Wildman–Crippen MR) is 246 cm³/mol. The second-order valence-electron chi connectivity index (χ2n) is 15.2. The van der Waals surface area contributed by atoms with Crippen LogP contribution in [0.4, 0.5) is 0 Å². The van der Waals surface area contributed by atoms with E-state index in [0.29, 0.717) is 0 Å². The van der Waals surface area contributed by atoms with E-state index in [9.17, 15) is 0 Å². The Bertz CT molecular complexity index is 3450. The summed E-state index contributed by atoms with van der Waals surface area (Å²) < 4.78 is 11.4. The molecule has 0 saturated heterocycles. The molecule has 3 nitrogen and oxygen atoms in total. The number of hydrogen-bond donors (Lipinski definition) is 0. The van der Waals surface area contributed by atoms with Crippen LogP contribution >= 0.6 is 0 Å². The Morgan fingerprint density at radius 3 is 1.52 bits per heavy atom. The van der Waals surface area contributed by atoms with Crippen molar-refractivity contribution in [2.24, 2.45) is 0 Å². The van der Waals surface area contributed by atoms with Crippen molar-refractivity contribution in [2.45, 2.75) is 0 Å². The number of fused-ring (bicyclic) bond motifs is 9. The molecule has 4 heteroatoms. The minimum atomic E-state index is -3.01. The summed E-state index contributed by atoms with van der Waals surface area (Å²) in [7, 11) is -3.01. The zero-order chi connectivity index (χ0) is 38.2. The number of hydrogen-bond acceptors (Lipinski definition) is 1. The first kappa shape index (κ1) is 32.8. The molecule has 0 N–H and O–H groups in total. The van der Waals surface area contributed by atoms with Gasteiger partial charge in [0, 0.05) is 49.8 Å². The van der Waals surface area contributed by atoms with Gasteiger partial charge in [-0.2, -0.15) is 0 Å². The van der Waals surface area contributed by atoms with Gasteiger partial charge in [0.05, 0.1) is 22.1 Å². The van der Waals surface area contributed by atoms with Crippen molar-refractivity contribution in [3.8, 4) is 11.4 Å². The largest absolute Gasteiger partial charge is 0.456 e. The van der Waals surface area contributed by atoms with Gasteiger partial charge in [-0.05, 0) is 69.3 Å². The third kappa shape index (κ3) is 4.67. The smallest absolute Gasteiger partial charge is 0.181 e. The number of furan rings is 1. The van der Waals surface area contributed by atoms with Crippen LogP contribution in [0.3, 0.4) is 0 Å². The Morgan fingerprint density at radius 1 is 0.310 bits per heavy atom. The topological polar surface area (TPSA) is 23.0 Å². The molecule has 0 fully saturated rings. The van der Waals surface area contributed by atoms with Crippen molar-refractivity contribution in [3.05, 3.63) is 218 Å². The summed E-state index contributed by atoms with van der Waals surface area (Å²) in [6, 6.07) is 80.4. The summed E-state index contributed by atoms with van der Waals surface area (Å²) >= 11 is 0. The van der Waals surface area contributed by atoms with Crippen molar-refractivity contribution in [2.75, 3.05) is 0 Å². The summed E-state index contributed by atoms with van der Waals surface area (Å²) in [5.41, 5.74) is 8.86. The summed E-state index contributed by atoms with van der Waals surface area (Å²) in [5, 5.41) is 12.6. The average Bonchev–Trinajstić information content (AvgIpc) is 3.95. The third-order valence-corrected chi connectivity index (χ3v) is 17.1. The van der Waals surface area contributed by atoms with Crippen LogP contribution in [0.1, 0.15) is 0 Å². The molecule has 0 radical (unpaired) electrons. The molecule has 0 amide bonds. The lowest BCUT2D eigenvalue weighted by Crippen LogP contribution is -2.75. The molecule has 12 rings (SSSR count). The molecule has 3 heterocycles. The monoisotopic (exact) mass is 756 g/mol. The number of benzene rings is 9. The van der Waals surface area contributed by atoms with Gasteiger partial charge in [0.1, 0.15) is 11.2 Å². The molecule has 0 bridgehead atoms. The Labute approximate surface area is 336 Å². The van der Waals surface area contributed by atoms with Gasteiger partial charge in [0.25, 0.3) is 0 Å². The van der Waals surface area contributed by atoms with Crippen molar-refractivity contribution >= 4 is 94.4 Å². The van der Waals surface area contributed by atoms with Gasteiger partial charge < -0.3 is 13.6 Å². The zero-order valence-electron chi connectivity index (χ0n) is 31.6. The first-order valence-corrected chi connectivity index (χ1v) is 21.9. The van der Waals surface area contributed by atoms with E-state index in [2.05, 4.69) is 221 Å². The van der Waals surface area contributed by atoms with E-state index in [1.807, 2.05) is 6.07 Å². The van der Waals surface area contributed by atoms with Crippen LogP contribution in [0.25, 0.3) is 76.9 Å². The molecule has 0 aliphatic rings. The van der Waals surface area contributed by atoms with Crippen molar-refractivity contribution in [1.82, 2.24) is 9.13 Å². The molecule has 58 heavy (non-hydrogen) atoms. The number of para-hydroxylation sites is 5. The zero-order valence-corrected chi connectivity index (χ0v) is 32.6. The Morgan fingerprint density at radius 2 is 0.828 bits per heavy atom. The molecule has 272 valence electrons. The number of aromatic nitrogens is 2. The minimum absolute atomic E-state index is 0.899. The van der Waals surface area contributed by atoms with E-state index in [-0.39, 0.29) is 0 Å². The first-order chi connectivity index (χ1) is 28.8. The van der Waals surface area contributed by atoms with Crippen LogP contribution in [0.5, 0.6) is 0 Å². The lowest BCUT2D eigenvalue weighted by atomic mass is 10.1. The van der Waals surface area contributed by atoms with Gasteiger partial charge in [-0.15, -0.1) is 0 Å². The molecular weight excluding hydrogens is 721 g/mol. The summed E-state index contributed by atoms with van der Waals surface area (Å²) in [5.74, 6) is 0. The summed E-state index contributed by atoms with van der Waals surface area (Å²) in [6.07, 6.45) is 0. The third-order valence-electron chi connectivity index (χ3n) is 12.3. The van der Waals surface area contributed by atoms with E-state index in [1.165, 1.54) is 58.8 Å². The highest BCUT2D eigenvalue weighted by Gasteiger charge is 2.43. The predicted octanol–water partition coefficient (Wildman–Crippen LogP) is 11.2. The molecule has 0 atom stereocenters. The highest BCUT2D eigenvalue weighted by atomic mass is 28.3. The quantitative estimate of drug-likeness (QED) is 0.122. The maximum absolute atomic E-state index is 6.45. The maximum atomic E-state index is 6.45. The van der Waals surface area contributed by atoms with E-state index in [4.69, 9.17) is 4.42 Å². The van der Waals surface area contributed by atoms with E-state index in [1.54, 1.807) is 0 Å². The van der Waals surface area contributed by atoms with Crippen molar-refractivity contribution in [3.63, 3.8) is 0 Å². The average molecular weight is 757 g/mol. The second-order valence-corrected chi connectivity index (χ2v) is 19.0. The van der Waals surface area contributed by atoms with Crippen LogP contribution in [-0.4, -0.2) is 17.2 Å². The lowest BCUT2D eigenvalue weighted by Gasteiger charge is -2.35. The molecular formula is C54H36N2OSi. The lowest BCUT2D eigenvalue weighted by molar-refractivity contribution is 0.669. The van der Waals surface area contributed by atoms with Gasteiger partial charge in [0.15, 0.2) is 8.07 Å². The molecule has 12 aromatic rings. The maximum Gasteiger partial charge on any atom is 0.181 e. The van der Waals surface area contributed by atoms with Crippen LogP contribution in [-0.2, 0) is 0 Å². The molecule has 0 unspecified atom stereocenters. The van der Waals surface area contributed by atoms with Gasteiger partial charge in [-0.25, -0.2) is 0 Å². The summed E-state index contributed by atoms with van der Waals surface area (Å²) in [4.78, 5) is 0. The highest BCUT2D eigenvalue weighted by Crippen LogP contribution is 2.38. The Balaban J connectivity index is 1.16. The molecule has 9 aromatic carbocycles. The van der Waals surface area contributed by atoms with Crippen molar-refractivity contribution in [1.29, 1.82) is 0 Å². The first-order valence-electron chi connectivity index (χ1n) is 19.9. The normalized spacial score (nSPS) is 12.1. The second kappa shape index (κ2) is 12.8. The Kier molecular flexibility index (Phi) is 7.25. The fourth-order valence-corrected chi connectivity index (χ4v) is 14.8. The minimum Gasteiger partial charge on any atom is -0.456 e. The number of nitrogens with zero attached hydrogens (tertiary/aromatic N) is 2. The van der Waals surface area contributed by atoms with Crippen LogP contribution < -0.4 is 20.7 Å². The molecule has 0 spiro atoms. The number of rotatable bonds is 6. The van der Waals surface area contributed by atoms with Gasteiger partial charge in [0.2, 0.25) is 0 Å². The van der Waals surface area contributed by atoms with Crippen LogP contribution in [0.15, 0.2) is 223 Å². The van der Waals surface area contributed by atoms with Gasteiger partial charge in [-0.3, -0.25) is 0 Å². The fraction of sp³-hybridized carbons (Fsp3) is 0. The van der Waals surface area contributed by atoms with E-state index in [0.717, 1.165) is 38.8 Å².